The predicted octanol–water partition coefficient (Wildman–Crippen LogP) is 3.38. The summed E-state index contributed by atoms with van der Waals surface area (Å²) in [6.07, 6.45) is 1.13. The second kappa shape index (κ2) is 5.10. The molecule has 2 N–H and O–H groups in total. The van der Waals surface area contributed by atoms with Crippen molar-refractivity contribution in [3.8, 4) is 0 Å². The number of rotatable bonds is 4. The van der Waals surface area contributed by atoms with Crippen LogP contribution in [0.3, 0.4) is 0 Å². The molecule has 0 saturated heterocycles. The third-order valence-electron chi connectivity index (χ3n) is 2.28. The van der Waals surface area contributed by atoms with Gasteiger partial charge < -0.3 is 14.8 Å². The Morgan fingerprint density at radius 1 is 1.44 bits per heavy atom. The van der Waals surface area contributed by atoms with Crippen LogP contribution in [0.15, 0.2) is 34.9 Å². The molecule has 0 aliphatic heterocycles. The van der Waals surface area contributed by atoms with Crippen molar-refractivity contribution in [3.05, 3.63) is 52.7 Å². The smallest absolute Gasteiger partial charge is 0.338 e. The van der Waals surface area contributed by atoms with Gasteiger partial charge in [0, 0.05) is 5.02 Å². The van der Waals surface area contributed by atoms with Gasteiger partial charge in [-0.3, -0.25) is 0 Å². The minimum atomic E-state index is -1.07. The van der Waals surface area contributed by atoms with E-state index in [4.69, 9.17) is 21.1 Å². The zero-order valence-corrected chi connectivity index (χ0v) is 9.87. The van der Waals surface area contributed by atoms with E-state index in [0.717, 1.165) is 6.26 Å². The van der Waals surface area contributed by atoms with Crippen molar-refractivity contribution in [1.82, 2.24) is 0 Å². The zero-order chi connectivity index (χ0) is 13.1. The maximum absolute atomic E-state index is 13.4. The summed E-state index contributed by atoms with van der Waals surface area (Å²) in [5.41, 5.74) is 0.286. The second-order valence-electron chi connectivity index (χ2n) is 3.58. The van der Waals surface area contributed by atoms with Crippen LogP contribution in [0.5, 0.6) is 0 Å². The topological polar surface area (TPSA) is 62.5 Å². The molecule has 0 aliphatic carbocycles. The summed E-state index contributed by atoms with van der Waals surface area (Å²) in [5.74, 6) is -1.12. The minimum Gasteiger partial charge on any atom is -0.478 e. The van der Waals surface area contributed by atoms with Gasteiger partial charge in [0.15, 0.2) is 0 Å². The Bertz CT molecular complexity index is 582. The lowest BCUT2D eigenvalue weighted by Crippen LogP contribution is -2.00. The van der Waals surface area contributed by atoms with E-state index in [1.807, 2.05) is 0 Å². The average Bonchev–Trinajstić information content (AvgIpc) is 2.79. The van der Waals surface area contributed by atoms with Crippen molar-refractivity contribution in [2.75, 3.05) is 5.32 Å². The van der Waals surface area contributed by atoms with Crippen molar-refractivity contribution in [2.24, 2.45) is 0 Å². The lowest BCUT2D eigenvalue weighted by Gasteiger charge is -2.05. The number of halogens is 2. The van der Waals surface area contributed by atoms with E-state index in [1.54, 1.807) is 0 Å². The number of anilines is 1. The number of aromatic carboxylic acids is 1. The fourth-order valence-electron chi connectivity index (χ4n) is 1.40. The van der Waals surface area contributed by atoms with Crippen molar-refractivity contribution in [2.45, 2.75) is 6.54 Å². The number of hydrogen-bond acceptors (Lipinski definition) is 3. The van der Waals surface area contributed by atoms with Crippen LogP contribution in [0.4, 0.5) is 10.1 Å². The first-order valence-corrected chi connectivity index (χ1v) is 5.43. The number of benzene rings is 1. The standard InChI is InChI=1S/C12H9ClFNO3/c13-8-1-2-10(14)11(4-8)15-5-9-3-7(6-18-9)12(16)17/h1-4,6,15H,5H2,(H,16,17). The Kier molecular flexibility index (Phi) is 3.53. The predicted molar refractivity (Wildman–Crippen MR) is 64.4 cm³/mol. The molecule has 0 spiro atoms. The first-order chi connectivity index (χ1) is 8.56. The molecule has 0 unspecified atom stereocenters. The fourth-order valence-corrected chi connectivity index (χ4v) is 1.57. The van der Waals surface area contributed by atoms with Gasteiger partial charge in [-0.25, -0.2) is 9.18 Å². The summed E-state index contributed by atoms with van der Waals surface area (Å²) in [6, 6.07) is 5.50. The first kappa shape index (κ1) is 12.4. The lowest BCUT2D eigenvalue weighted by molar-refractivity contribution is 0.0696. The fraction of sp³-hybridized carbons (Fsp3) is 0.0833. The summed E-state index contributed by atoms with van der Waals surface area (Å²) in [5, 5.41) is 11.9. The van der Waals surface area contributed by atoms with E-state index in [0.29, 0.717) is 10.8 Å². The summed E-state index contributed by atoms with van der Waals surface area (Å²) >= 11 is 5.74. The van der Waals surface area contributed by atoms with Gasteiger partial charge in [-0.1, -0.05) is 11.6 Å². The maximum Gasteiger partial charge on any atom is 0.338 e. The molecule has 0 radical (unpaired) electrons. The Morgan fingerprint density at radius 2 is 2.22 bits per heavy atom. The van der Waals surface area contributed by atoms with E-state index in [2.05, 4.69) is 5.32 Å². The molecule has 0 bridgehead atoms. The molecular weight excluding hydrogens is 261 g/mol. The molecule has 2 aromatic rings. The van der Waals surface area contributed by atoms with Gasteiger partial charge in [0.2, 0.25) is 0 Å². The van der Waals surface area contributed by atoms with Gasteiger partial charge in [0.25, 0.3) is 0 Å². The van der Waals surface area contributed by atoms with E-state index in [1.165, 1.54) is 24.3 Å². The Hall–Kier alpha value is -2.01. The van der Waals surface area contributed by atoms with Crippen LogP contribution >= 0.6 is 11.6 Å². The normalized spacial score (nSPS) is 10.3. The molecule has 1 heterocycles. The summed E-state index contributed by atoms with van der Waals surface area (Å²) in [6.45, 7) is 0.171. The third kappa shape index (κ3) is 2.81. The van der Waals surface area contributed by atoms with Crippen LogP contribution in [0, 0.1) is 5.82 Å². The van der Waals surface area contributed by atoms with E-state index in [9.17, 15) is 9.18 Å². The molecule has 0 fully saturated rings. The highest BCUT2D eigenvalue weighted by atomic mass is 35.5. The Labute approximate surface area is 107 Å². The van der Waals surface area contributed by atoms with Crippen LogP contribution in [0.2, 0.25) is 5.02 Å². The van der Waals surface area contributed by atoms with E-state index >= 15 is 0 Å². The van der Waals surface area contributed by atoms with Crippen LogP contribution < -0.4 is 5.32 Å². The SMILES string of the molecule is O=C(O)c1coc(CNc2cc(Cl)ccc2F)c1. The van der Waals surface area contributed by atoms with Gasteiger partial charge in [0.1, 0.15) is 17.8 Å². The number of nitrogens with one attached hydrogen (secondary N) is 1. The molecule has 0 saturated carbocycles. The van der Waals surface area contributed by atoms with Gasteiger partial charge in [0.05, 0.1) is 17.8 Å². The van der Waals surface area contributed by atoms with Crippen molar-refractivity contribution in [3.63, 3.8) is 0 Å². The molecule has 94 valence electrons. The Morgan fingerprint density at radius 3 is 2.89 bits per heavy atom. The number of carbonyl (C=O) groups is 1. The first-order valence-electron chi connectivity index (χ1n) is 5.06. The minimum absolute atomic E-state index is 0.0540. The largest absolute Gasteiger partial charge is 0.478 e. The number of furan rings is 1. The average molecular weight is 270 g/mol. The van der Waals surface area contributed by atoms with E-state index < -0.39 is 11.8 Å². The quantitative estimate of drug-likeness (QED) is 0.893. The highest BCUT2D eigenvalue weighted by Gasteiger charge is 2.09. The van der Waals surface area contributed by atoms with Gasteiger partial charge in [-0.05, 0) is 24.3 Å². The van der Waals surface area contributed by atoms with Crippen molar-refractivity contribution >= 4 is 23.3 Å². The lowest BCUT2D eigenvalue weighted by atomic mass is 10.3. The van der Waals surface area contributed by atoms with Crippen LogP contribution in [-0.4, -0.2) is 11.1 Å². The molecule has 0 aliphatic rings. The van der Waals surface area contributed by atoms with E-state index in [-0.39, 0.29) is 17.8 Å². The zero-order valence-electron chi connectivity index (χ0n) is 9.11. The number of carboxylic acids is 1. The monoisotopic (exact) mass is 269 g/mol. The molecule has 1 aromatic heterocycles. The van der Waals surface area contributed by atoms with Crippen LogP contribution in [-0.2, 0) is 6.54 Å². The maximum atomic E-state index is 13.4. The second-order valence-corrected chi connectivity index (χ2v) is 4.02. The number of hydrogen-bond donors (Lipinski definition) is 2. The van der Waals surface area contributed by atoms with Gasteiger partial charge in [-0.2, -0.15) is 0 Å². The summed E-state index contributed by atoms with van der Waals surface area (Å²) < 4.78 is 18.4. The molecular formula is C12H9ClFNO3. The van der Waals surface area contributed by atoms with Gasteiger partial charge >= 0.3 is 5.97 Å². The Balaban J connectivity index is 2.06. The highest BCUT2D eigenvalue weighted by Crippen LogP contribution is 2.20. The third-order valence-corrected chi connectivity index (χ3v) is 2.52. The van der Waals surface area contributed by atoms with Crippen molar-refractivity contribution < 1.29 is 18.7 Å². The number of carboxylic acid groups (broad SMARTS) is 1. The summed E-state index contributed by atoms with van der Waals surface area (Å²) in [7, 11) is 0. The molecule has 0 amide bonds. The van der Waals surface area contributed by atoms with Crippen LogP contribution in [0.1, 0.15) is 16.1 Å². The van der Waals surface area contributed by atoms with Crippen molar-refractivity contribution in [1.29, 1.82) is 0 Å². The van der Waals surface area contributed by atoms with Gasteiger partial charge in [-0.15, -0.1) is 0 Å². The molecule has 4 nitrogen and oxygen atoms in total. The molecule has 2 rings (SSSR count). The summed E-state index contributed by atoms with van der Waals surface area (Å²) in [4.78, 5) is 10.6. The molecule has 0 atom stereocenters. The molecule has 6 heteroatoms. The molecule has 1 aromatic carbocycles. The highest BCUT2D eigenvalue weighted by molar-refractivity contribution is 6.30. The van der Waals surface area contributed by atoms with Crippen LogP contribution in [0.25, 0.3) is 0 Å². The molecule has 18 heavy (non-hydrogen) atoms.